The minimum absolute atomic E-state index is 0.147. The third kappa shape index (κ3) is 4.04. The van der Waals surface area contributed by atoms with Crippen molar-refractivity contribution in [2.45, 2.75) is 42.4 Å². The van der Waals surface area contributed by atoms with Gasteiger partial charge in [-0.3, -0.25) is 0 Å². The second-order valence-electron chi connectivity index (χ2n) is 8.28. The largest absolute Gasteiger partial charge is 0.417 e. The van der Waals surface area contributed by atoms with Gasteiger partial charge in [-0.2, -0.15) is 26.3 Å². The Kier molecular flexibility index (Phi) is 5.23. The number of allylic oxidation sites excluding steroid dienone is 2. The van der Waals surface area contributed by atoms with Crippen LogP contribution in [-0.4, -0.2) is 14.4 Å². The minimum atomic E-state index is -5.12. The number of benzene rings is 2. The first-order chi connectivity index (χ1) is 14.8. The van der Waals surface area contributed by atoms with E-state index in [9.17, 15) is 39.2 Å². The molecule has 0 N–H and O–H groups in total. The smallest absolute Gasteiger partial charge is 0.233 e. The second kappa shape index (κ2) is 7.33. The molecule has 4 rings (SSSR count). The average Bonchev–Trinajstić information content (AvgIpc) is 3.25. The van der Waals surface area contributed by atoms with Crippen molar-refractivity contribution in [1.82, 2.24) is 0 Å². The highest BCUT2D eigenvalue weighted by molar-refractivity contribution is 7.91. The lowest BCUT2D eigenvalue weighted by Gasteiger charge is -2.17. The van der Waals surface area contributed by atoms with Crippen LogP contribution in [0, 0.1) is 5.41 Å². The van der Waals surface area contributed by atoms with E-state index in [2.05, 4.69) is 0 Å². The molecule has 172 valence electrons. The van der Waals surface area contributed by atoms with Crippen LogP contribution in [0.2, 0.25) is 0 Å². The predicted octanol–water partition coefficient (Wildman–Crippen LogP) is 6.78. The first-order valence-electron chi connectivity index (χ1n) is 9.63. The molecule has 2 aromatic carbocycles. The molecule has 2 unspecified atom stereocenters. The number of hydrogen-bond acceptors (Lipinski definition) is 2. The molecule has 0 saturated heterocycles. The van der Waals surface area contributed by atoms with E-state index >= 15 is 0 Å². The fraction of sp³-hybridized carbons (Fsp3) is 0.364. The highest BCUT2D eigenvalue weighted by Gasteiger charge is 2.56. The van der Waals surface area contributed by atoms with Crippen LogP contribution in [0.15, 0.2) is 53.4 Å². The normalized spacial score (nSPS) is 23.5. The van der Waals surface area contributed by atoms with Crippen LogP contribution in [0.3, 0.4) is 0 Å². The molecule has 32 heavy (non-hydrogen) atoms. The summed E-state index contributed by atoms with van der Waals surface area (Å²) in [7, 11) is -3.98. The Morgan fingerprint density at radius 3 is 2.09 bits per heavy atom. The van der Waals surface area contributed by atoms with Crippen LogP contribution >= 0.6 is 0 Å². The molecule has 2 aromatic rings. The van der Waals surface area contributed by atoms with E-state index < -0.39 is 39.3 Å². The molecule has 2 nitrogen and oxygen atoms in total. The van der Waals surface area contributed by atoms with Crippen LogP contribution in [0.5, 0.6) is 0 Å². The molecule has 1 saturated carbocycles. The summed E-state index contributed by atoms with van der Waals surface area (Å²) in [5, 5.41) is 0. The van der Waals surface area contributed by atoms with E-state index in [0.29, 0.717) is 37.0 Å². The Hall–Kier alpha value is -2.36. The standard InChI is InChI=1S/C22H17F7O2S/c23-12-32(30,31)16-4-1-13(2-5-16)15-7-8-20(10-15)11-19(20)14-3-6-17(21(24,25)26)18(9-14)22(27,28)29/h1-7,9,19H,8,10-12H2. The van der Waals surface area contributed by atoms with Gasteiger partial charge in [0.1, 0.15) is 0 Å². The SMILES string of the molecule is O=S(=O)(CF)c1ccc(C2=CCC3(C2)CC3c2ccc(C(F)(F)F)c(C(F)(F)F)c2)cc1. The summed E-state index contributed by atoms with van der Waals surface area (Å²) in [5.74, 6) is -0.300. The molecule has 0 aliphatic heterocycles. The zero-order valence-electron chi connectivity index (χ0n) is 16.4. The molecule has 2 aliphatic rings. The van der Waals surface area contributed by atoms with Crippen LogP contribution < -0.4 is 0 Å². The van der Waals surface area contributed by atoms with Gasteiger partial charge in [-0.15, -0.1) is 0 Å². The monoisotopic (exact) mass is 478 g/mol. The van der Waals surface area contributed by atoms with Crippen molar-refractivity contribution in [2.75, 3.05) is 6.01 Å². The van der Waals surface area contributed by atoms with Gasteiger partial charge in [0.25, 0.3) is 0 Å². The van der Waals surface area contributed by atoms with E-state index in [1.54, 1.807) is 12.1 Å². The van der Waals surface area contributed by atoms with Crippen LogP contribution in [0.25, 0.3) is 5.57 Å². The first-order valence-corrected chi connectivity index (χ1v) is 11.3. The summed E-state index contributed by atoms with van der Waals surface area (Å²) in [6.07, 6.45) is -6.70. The quantitative estimate of drug-likeness (QED) is 0.454. The maximum Gasteiger partial charge on any atom is 0.417 e. The van der Waals surface area contributed by atoms with Crippen molar-refractivity contribution in [2.24, 2.45) is 5.41 Å². The molecule has 0 aromatic heterocycles. The number of sulfone groups is 1. The van der Waals surface area contributed by atoms with Crippen molar-refractivity contribution < 1.29 is 39.2 Å². The molecule has 1 fully saturated rings. The molecular weight excluding hydrogens is 461 g/mol. The van der Waals surface area contributed by atoms with Crippen molar-refractivity contribution in [3.63, 3.8) is 0 Å². The number of halogens is 7. The van der Waals surface area contributed by atoms with Crippen molar-refractivity contribution in [1.29, 1.82) is 0 Å². The summed E-state index contributed by atoms with van der Waals surface area (Å²) >= 11 is 0. The first kappa shape index (κ1) is 22.8. The molecule has 0 heterocycles. The molecule has 0 amide bonds. The average molecular weight is 478 g/mol. The van der Waals surface area contributed by atoms with Crippen LogP contribution in [-0.2, 0) is 22.2 Å². The molecular formula is C22H17F7O2S. The highest BCUT2D eigenvalue weighted by Crippen LogP contribution is 2.68. The Morgan fingerprint density at radius 2 is 1.53 bits per heavy atom. The Balaban J connectivity index is 1.54. The van der Waals surface area contributed by atoms with Crippen molar-refractivity contribution in [3.05, 3.63) is 70.8 Å². The fourth-order valence-corrected chi connectivity index (χ4v) is 5.19. The van der Waals surface area contributed by atoms with E-state index in [1.165, 1.54) is 12.1 Å². The zero-order valence-corrected chi connectivity index (χ0v) is 17.2. The number of alkyl halides is 7. The molecule has 2 atom stereocenters. The molecule has 10 heteroatoms. The van der Waals surface area contributed by atoms with Gasteiger partial charge in [0.05, 0.1) is 16.0 Å². The maximum absolute atomic E-state index is 13.3. The van der Waals surface area contributed by atoms with Crippen molar-refractivity contribution >= 4 is 15.4 Å². The van der Waals surface area contributed by atoms with Gasteiger partial charge in [0, 0.05) is 0 Å². The van der Waals surface area contributed by atoms with Gasteiger partial charge in [-0.25, -0.2) is 12.8 Å². The minimum Gasteiger partial charge on any atom is -0.233 e. The van der Waals surface area contributed by atoms with Gasteiger partial charge in [0.2, 0.25) is 9.84 Å². The number of rotatable bonds is 4. The Morgan fingerprint density at radius 1 is 0.906 bits per heavy atom. The highest BCUT2D eigenvalue weighted by atomic mass is 32.2. The lowest BCUT2D eigenvalue weighted by molar-refractivity contribution is -0.162. The van der Waals surface area contributed by atoms with Gasteiger partial charge < -0.3 is 0 Å². The van der Waals surface area contributed by atoms with Gasteiger partial charge in [0.15, 0.2) is 6.01 Å². The summed E-state index contributed by atoms with van der Waals surface area (Å²) in [6.45, 7) is 0. The summed E-state index contributed by atoms with van der Waals surface area (Å²) in [5.41, 5.74) is -1.92. The van der Waals surface area contributed by atoms with Crippen LogP contribution in [0.4, 0.5) is 30.7 Å². The second-order valence-corrected chi connectivity index (χ2v) is 10.2. The van der Waals surface area contributed by atoms with E-state index in [-0.39, 0.29) is 21.8 Å². The molecule has 2 aliphatic carbocycles. The Labute approximate surface area is 179 Å². The van der Waals surface area contributed by atoms with Gasteiger partial charge >= 0.3 is 12.4 Å². The summed E-state index contributed by atoms with van der Waals surface area (Å²) < 4.78 is 115. The lowest BCUT2D eigenvalue weighted by atomic mass is 9.92. The number of hydrogen-bond donors (Lipinski definition) is 0. The maximum atomic E-state index is 13.3. The van der Waals surface area contributed by atoms with Gasteiger partial charge in [-0.1, -0.05) is 24.3 Å². The topological polar surface area (TPSA) is 34.1 Å². The fourth-order valence-electron chi connectivity index (χ4n) is 4.51. The summed E-state index contributed by atoms with van der Waals surface area (Å²) in [6, 6.07) is 6.40. The Bertz CT molecular complexity index is 1180. The van der Waals surface area contributed by atoms with E-state index in [1.807, 2.05) is 6.08 Å². The van der Waals surface area contributed by atoms with Gasteiger partial charge in [-0.05, 0) is 71.6 Å². The third-order valence-corrected chi connectivity index (χ3v) is 7.55. The van der Waals surface area contributed by atoms with Crippen LogP contribution in [0.1, 0.15) is 47.4 Å². The van der Waals surface area contributed by atoms with Crippen molar-refractivity contribution in [3.8, 4) is 0 Å². The molecule has 0 radical (unpaired) electrons. The molecule has 0 bridgehead atoms. The zero-order chi connectivity index (χ0) is 23.5. The lowest BCUT2D eigenvalue weighted by Crippen LogP contribution is -2.17. The predicted molar refractivity (Wildman–Crippen MR) is 103 cm³/mol. The van der Waals surface area contributed by atoms with E-state index in [4.69, 9.17) is 0 Å². The third-order valence-electron chi connectivity index (χ3n) is 6.27. The molecule has 1 spiro atoms. The summed E-state index contributed by atoms with van der Waals surface area (Å²) in [4.78, 5) is -0.147. The van der Waals surface area contributed by atoms with E-state index in [0.717, 1.165) is 11.6 Å².